The minimum Gasteiger partial charge on any atom is -0.477 e. The number of hydrogen-bond acceptors (Lipinski definition) is 2. The average Bonchev–Trinajstić information content (AvgIpc) is 2.95. The molecule has 3 aromatic rings. The van der Waals surface area contributed by atoms with Crippen LogP contribution in [-0.4, -0.2) is 21.7 Å². The number of aromatic carboxylic acids is 1. The third-order valence-electron chi connectivity index (χ3n) is 6.02. The highest BCUT2D eigenvalue weighted by Gasteiger charge is 2.27. The van der Waals surface area contributed by atoms with Gasteiger partial charge in [0.15, 0.2) is 0 Å². The van der Waals surface area contributed by atoms with E-state index in [0.717, 1.165) is 27.9 Å². The number of benzene rings is 2. The largest absolute Gasteiger partial charge is 0.477 e. The molecule has 0 aliphatic heterocycles. The maximum atomic E-state index is 12.4. The molecule has 4 nitrogen and oxygen atoms in total. The first-order valence-corrected chi connectivity index (χ1v) is 10.3. The molecule has 0 unspecified atom stereocenters. The lowest BCUT2D eigenvalue weighted by Crippen LogP contribution is -2.35. The van der Waals surface area contributed by atoms with Crippen molar-refractivity contribution in [2.24, 2.45) is 0 Å². The molecule has 1 aromatic heterocycles. The van der Waals surface area contributed by atoms with Gasteiger partial charge in [-0.2, -0.15) is 0 Å². The highest BCUT2D eigenvalue weighted by molar-refractivity contribution is 5.92. The number of carboxylic acids is 1. The standard InChI is InChI=1S/C25H28N2O2/c1-17-11-13-19(14-12-17)16-27-18(2)23(20-7-4-3-5-8-20)22(24(27)25(28)29)15-26-21-9-6-10-21/h3-5,7-8,11-14,21,26H,6,9-10,15-16H2,1-2H3,(H,28,29). The van der Waals surface area contributed by atoms with Gasteiger partial charge in [-0.05, 0) is 37.8 Å². The first-order valence-electron chi connectivity index (χ1n) is 10.3. The van der Waals surface area contributed by atoms with Gasteiger partial charge >= 0.3 is 5.97 Å². The zero-order valence-corrected chi connectivity index (χ0v) is 17.1. The van der Waals surface area contributed by atoms with E-state index in [1.54, 1.807) is 0 Å². The van der Waals surface area contributed by atoms with Crippen LogP contribution in [0.1, 0.15) is 52.1 Å². The molecule has 29 heavy (non-hydrogen) atoms. The van der Waals surface area contributed by atoms with E-state index < -0.39 is 5.97 Å². The van der Waals surface area contributed by atoms with Gasteiger partial charge in [0.1, 0.15) is 5.69 Å². The summed E-state index contributed by atoms with van der Waals surface area (Å²) >= 11 is 0. The Bertz CT molecular complexity index is 1000. The van der Waals surface area contributed by atoms with Crippen molar-refractivity contribution in [3.8, 4) is 11.1 Å². The Kier molecular flexibility index (Phi) is 5.54. The minimum absolute atomic E-state index is 0.397. The summed E-state index contributed by atoms with van der Waals surface area (Å²) in [6, 6.07) is 19.0. The molecular weight excluding hydrogens is 360 g/mol. The van der Waals surface area contributed by atoms with Crippen molar-refractivity contribution in [3.63, 3.8) is 0 Å². The number of hydrogen-bond donors (Lipinski definition) is 2. The summed E-state index contributed by atoms with van der Waals surface area (Å²) in [6.07, 6.45) is 3.60. The average molecular weight is 389 g/mol. The van der Waals surface area contributed by atoms with Crippen LogP contribution >= 0.6 is 0 Å². The molecule has 4 heteroatoms. The zero-order valence-electron chi connectivity index (χ0n) is 17.1. The summed E-state index contributed by atoms with van der Waals surface area (Å²) in [4.78, 5) is 12.4. The monoisotopic (exact) mass is 388 g/mol. The Morgan fingerprint density at radius 1 is 1.07 bits per heavy atom. The van der Waals surface area contributed by atoms with Crippen LogP contribution in [0.3, 0.4) is 0 Å². The van der Waals surface area contributed by atoms with Crippen molar-refractivity contribution in [1.82, 2.24) is 9.88 Å². The predicted octanol–water partition coefficient (Wildman–Crippen LogP) is 5.16. The maximum Gasteiger partial charge on any atom is 0.352 e. The fourth-order valence-corrected chi connectivity index (χ4v) is 4.14. The van der Waals surface area contributed by atoms with E-state index in [-0.39, 0.29) is 0 Å². The fourth-order valence-electron chi connectivity index (χ4n) is 4.14. The van der Waals surface area contributed by atoms with Crippen LogP contribution in [0.25, 0.3) is 11.1 Å². The van der Waals surface area contributed by atoms with Crippen LogP contribution < -0.4 is 5.32 Å². The summed E-state index contributed by atoms with van der Waals surface area (Å²) in [5.41, 5.74) is 6.71. The van der Waals surface area contributed by atoms with E-state index in [9.17, 15) is 9.90 Å². The van der Waals surface area contributed by atoms with Gasteiger partial charge in [-0.15, -0.1) is 0 Å². The second kappa shape index (κ2) is 8.26. The van der Waals surface area contributed by atoms with Crippen LogP contribution in [-0.2, 0) is 13.1 Å². The minimum atomic E-state index is -0.868. The molecule has 4 rings (SSSR count). The third kappa shape index (κ3) is 3.99. The molecule has 1 aliphatic carbocycles. The van der Waals surface area contributed by atoms with Crippen molar-refractivity contribution < 1.29 is 9.90 Å². The van der Waals surface area contributed by atoms with E-state index in [0.29, 0.717) is 24.8 Å². The van der Waals surface area contributed by atoms with Crippen LogP contribution in [0.5, 0.6) is 0 Å². The topological polar surface area (TPSA) is 54.3 Å². The van der Waals surface area contributed by atoms with Gasteiger partial charge in [-0.3, -0.25) is 0 Å². The summed E-state index contributed by atoms with van der Waals surface area (Å²) in [7, 11) is 0. The quantitative estimate of drug-likeness (QED) is 0.588. The van der Waals surface area contributed by atoms with Gasteiger partial charge in [0.05, 0.1) is 0 Å². The first-order chi connectivity index (χ1) is 14.0. The Balaban J connectivity index is 1.81. The van der Waals surface area contributed by atoms with Crippen molar-refractivity contribution in [2.45, 2.75) is 52.2 Å². The number of carboxylic acid groups (broad SMARTS) is 1. The summed E-state index contributed by atoms with van der Waals surface area (Å²) in [5, 5.41) is 13.7. The van der Waals surface area contributed by atoms with E-state index in [2.05, 4.69) is 48.6 Å². The van der Waals surface area contributed by atoms with Crippen LogP contribution in [0.4, 0.5) is 0 Å². The maximum absolute atomic E-state index is 12.4. The number of nitrogens with zero attached hydrogens (tertiary/aromatic N) is 1. The van der Waals surface area contributed by atoms with E-state index in [4.69, 9.17) is 0 Å². The Morgan fingerprint density at radius 3 is 2.34 bits per heavy atom. The van der Waals surface area contributed by atoms with Crippen molar-refractivity contribution >= 4 is 5.97 Å². The molecule has 150 valence electrons. The second-order valence-electron chi connectivity index (χ2n) is 8.04. The lowest BCUT2D eigenvalue weighted by molar-refractivity contribution is 0.0683. The number of aromatic nitrogens is 1. The highest BCUT2D eigenvalue weighted by Crippen LogP contribution is 2.34. The number of aryl methyl sites for hydroxylation is 1. The molecule has 2 aromatic carbocycles. The molecule has 0 saturated heterocycles. The smallest absolute Gasteiger partial charge is 0.352 e. The van der Waals surface area contributed by atoms with Crippen molar-refractivity contribution in [3.05, 3.63) is 82.7 Å². The lowest BCUT2D eigenvalue weighted by Gasteiger charge is -2.26. The predicted molar refractivity (Wildman–Crippen MR) is 116 cm³/mol. The first kappa shape index (κ1) is 19.5. The molecule has 0 spiro atoms. The Morgan fingerprint density at radius 2 is 1.76 bits per heavy atom. The highest BCUT2D eigenvalue weighted by atomic mass is 16.4. The molecule has 2 N–H and O–H groups in total. The van der Waals surface area contributed by atoms with Crippen LogP contribution in [0.2, 0.25) is 0 Å². The van der Waals surface area contributed by atoms with E-state index >= 15 is 0 Å². The number of rotatable bonds is 7. The molecule has 1 aliphatic rings. The molecule has 0 atom stereocenters. The van der Waals surface area contributed by atoms with Gasteiger partial charge in [0.25, 0.3) is 0 Å². The Hall–Kier alpha value is -2.85. The molecule has 1 heterocycles. The molecule has 0 amide bonds. The summed E-state index contributed by atoms with van der Waals surface area (Å²) < 4.78 is 1.97. The van der Waals surface area contributed by atoms with Gasteiger partial charge in [-0.25, -0.2) is 4.79 Å². The molecule has 0 bridgehead atoms. The van der Waals surface area contributed by atoms with Crippen LogP contribution in [0.15, 0.2) is 54.6 Å². The number of nitrogens with one attached hydrogen (secondary N) is 1. The fraction of sp³-hybridized carbons (Fsp3) is 0.320. The van der Waals surface area contributed by atoms with Gasteiger partial charge < -0.3 is 15.0 Å². The summed E-state index contributed by atoms with van der Waals surface area (Å²) in [6.45, 7) is 5.23. The normalized spacial score (nSPS) is 14.0. The molecular formula is C25H28N2O2. The third-order valence-corrected chi connectivity index (χ3v) is 6.02. The zero-order chi connectivity index (χ0) is 20.4. The van der Waals surface area contributed by atoms with Gasteiger partial charge in [0, 0.05) is 36.0 Å². The van der Waals surface area contributed by atoms with E-state index in [1.165, 1.54) is 24.8 Å². The SMILES string of the molecule is Cc1ccc(Cn2c(C)c(-c3ccccc3)c(CNC3CCC3)c2C(=O)O)cc1. The van der Waals surface area contributed by atoms with Crippen molar-refractivity contribution in [2.75, 3.05) is 0 Å². The molecule has 0 radical (unpaired) electrons. The lowest BCUT2D eigenvalue weighted by atomic mass is 9.92. The molecule has 1 saturated carbocycles. The summed E-state index contributed by atoms with van der Waals surface area (Å²) in [5.74, 6) is -0.868. The Labute approximate surface area is 172 Å². The number of carbonyl (C=O) groups is 1. The van der Waals surface area contributed by atoms with Gasteiger partial charge in [0.2, 0.25) is 0 Å². The van der Waals surface area contributed by atoms with Crippen molar-refractivity contribution in [1.29, 1.82) is 0 Å². The second-order valence-corrected chi connectivity index (χ2v) is 8.04. The van der Waals surface area contributed by atoms with E-state index in [1.807, 2.05) is 29.7 Å². The van der Waals surface area contributed by atoms with Crippen LogP contribution in [0, 0.1) is 13.8 Å². The van der Waals surface area contributed by atoms with Gasteiger partial charge in [-0.1, -0.05) is 66.6 Å². The molecule has 1 fully saturated rings.